The highest BCUT2D eigenvalue weighted by Gasteiger charge is 2.21. The van der Waals surface area contributed by atoms with Gasteiger partial charge >= 0.3 is 0 Å². The van der Waals surface area contributed by atoms with Crippen LogP contribution in [0, 0.1) is 10.1 Å². The number of rotatable bonds is 4. The molecule has 0 spiro atoms. The van der Waals surface area contributed by atoms with Crippen LogP contribution < -0.4 is 0 Å². The third-order valence-electron chi connectivity index (χ3n) is 1.10. The van der Waals surface area contributed by atoms with Crippen molar-refractivity contribution in [3.63, 3.8) is 0 Å². The summed E-state index contributed by atoms with van der Waals surface area (Å²) in [6.07, 6.45) is 1.24. The zero-order chi connectivity index (χ0) is 8.15. The zero-order valence-corrected chi connectivity index (χ0v) is 7.32. The number of hydrogen-bond donors (Lipinski definition) is 1. The highest BCUT2D eigenvalue weighted by atomic mass is 32.1. The Kier molecular flexibility index (Phi) is 4.55. The molecule has 1 unspecified atom stereocenters. The third kappa shape index (κ3) is 3.12. The number of hydrogen-bond acceptors (Lipinski definition) is 3. The van der Waals surface area contributed by atoms with Gasteiger partial charge in [-0.05, 0) is 6.42 Å². The summed E-state index contributed by atoms with van der Waals surface area (Å²) in [7, 11) is 0. The van der Waals surface area contributed by atoms with Crippen molar-refractivity contribution >= 4 is 29.0 Å². The quantitative estimate of drug-likeness (QED) is 0.309. The van der Waals surface area contributed by atoms with Gasteiger partial charge in [0.1, 0.15) is 4.20 Å². The largest absolute Gasteiger partial charge is 0.264 e. The van der Waals surface area contributed by atoms with Crippen LogP contribution in [0.3, 0.4) is 0 Å². The molecule has 0 amide bonds. The van der Waals surface area contributed by atoms with Gasteiger partial charge in [-0.2, -0.15) is 0 Å². The molecule has 0 aromatic carbocycles. The first kappa shape index (κ1) is 9.84. The van der Waals surface area contributed by atoms with E-state index in [-0.39, 0.29) is 4.20 Å². The van der Waals surface area contributed by atoms with Crippen LogP contribution in [-0.4, -0.2) is 15.2 Å². The number of thiol groups is 1. The van der Waals surface area contributed by atoms with Gasteiger partial charge in [0, 0.05) is 11.3 Å². The molecule has 0 saturated carbocycles. The molecule has 0 aromatic heterocycles. The molecule has 0 heterocycles. The summed E-state index contributed by atoms with van der Waals surface area (Å²) in [6, 6.07) is -0.747. The van der Waals surface area contributed by atoms with Gasteiger partial charge in [-0.3, -0.25) is 10.1 Å². The van der Waals surface area contributed by atoms with Gasteiger partial charge in [0.25, 0.3) is 6.04 Å². The molecule has 10 heavy (non-hydrogen) atoms. The molecule has 0 aromatic rings. The maximum atomic E-state index is 10.2. The van der Waals surface area contributed by atoms with E-state index in [2.05, 4.69) is 24.8 Å². The van der Waals surface area contributed by atoms with Crippen LogP contribution in [0.2, 0.25) is 0 Å². The van der Waals surface area contributed by atoms with Crippen molar-refractivity contribution in [2.75, 3.05) is 0 Å². The van der Waals surface area contributed by atoms with Crippen molar-refractivity contribution in [1.29, 1.82) is 0 Å². The van der Waals surface area contributed by atoms with Gasteiger partial charge in [-0.15, -0.1) is 12.6 Å². The number of thiocarbonyl (C=S) groups is 1. The Morgan fingerprint density at radius 1 is 1.90 bits per heavy atom. The lowest BCUT2D eigenvalue weighted by atomic mass is 10.2. The lowest BCUT2D eigenvalue weighted by Crippen LogP contribution is -2.24. The Hall–Kier alpha value is -0.160. The van der Waals surface area contributed by atoms with Crippen molar-refractivity contribution in [2.45, 2.75) is 25.8 Å². The van der Waals surface area contributed by atoms with Crippen LogP contribution in [-0.2, 0) is 0 Å². The molecule has 0 saturated heterocycles. The minimum Gasteiger partial charge on any atom is -0.264 e. The Balaban J connectivity index is 3.98. The first-order chi connectivity index (χ1) is 4.59. The second-order valence-electron chi connectivity index (χ2n) is 1.93. The van der Waals surface area contributed by atoms with Gasteiger partial charge in [0.05, 0.1) is 0 Å². The Morgan fingerprint density at radius 3 is 2.50 bits per heavy atom. The van der Waals surface area contributed by atoms with Crippen molar-refractivity contribution in [1.82, 2.24) is 0 Å². The van der Waals surface area contributed by atoms with E-state index in [1.54, 1.807) is 0 Å². The van der Waals surface area contributed by atoms with Crippen molar-refractivity contribution in [3.05, 3.63) is 10.1 Å². The molecular formula is C5H9NO2S2. The van der Waals surface area contributed by atoms with E-state index < -0.39 is 11.0 Å². The van der Waals surface area contributed by atoms with E-state index in [0.717, 1.165) is 6.42 Å². The summed E-state index contributed by atoms with van der Waals surface area (Å²) in [5, 5.41) is 10.2. The summed E-state index contributed by atoms with van der Waals surface area (Å²) >= 11 is 8.34. The van der Waals surface area contributed by atoms with Crippen LogP contribution in [0.1, 0.15) is 19.8 Å². The highest BCUT2D eigenvalue weighted by molar-refractivity contribution is 8.11. The molecule has 0 aliphatic rings. The maximum Gasteiger partial charge on any atom is 0.253 e. The fraction of sp³-hybridized carbons (Fsp3) is 0.800. The average molecular weight is 179 g/mol. The van der Waals surface area contributed by atoms with Gasteiger partial charge in [-0.1, -0.05) is 19.1 Å². The normalized spacial score (nSPS) is 12.6. The van der Waals surface area contributed by atoms with Crippen molar-refractivity contribution < 1.29 is 4.92 Å². The Morgan fingerprint density at radius 2 is 2.40 bits per heavy atom. The van der Waals surface area contributed by atoms with Crippen LogP contribution in [0.25, 0.3) is 0 Å². The van der Waals surface area contributed by atoms with Gasteiger partial charge in [-0.25, -0.2) is 0 Å². The van der Waals surface area contributed by atoms with E-state index in [0.29, 0.717) is 6.42 Å². The number of nitrogens with zero attached hydrogens (tertiary/aromatic N) is 1. The van der Waals surface area contributed by atoms with E-state index in [4.69, 9.17) is 0 Å². The second kappa shape index (κ2) is 4.62. The van der Waals surface area contributed by atoms with Crippen LogP contribution >= 0.6 is 24.8 Å². The Labute approximate surface area is 70.4 Å². The first-order valence-corrected chi connectivity index (χ1v) is 3.81. The molecule has 3 nitrogen and oxygen atoms in total. The molecule has 0 N–H and O–H groups in total. The van der Waals surface area contributed by atoms with Gasteiger partial charge in [0.15, 0.2) is 0 Å². The summed E-state index contributed by atoms with van der Waals surface area (Å²) in [4.78, 5) is 9.81. The lowest BCUT2D eigenvalue weighted by Gasteiger charge is -2.03. The molecule has 0 rings (SSSR count). The van der Waals surface area contributed by atoms with E-state index in [9.17, 15) is 10.1 Å². The number of nitro groups is 1. The maximum absolute atomic E-state index is 10.2. The molecule has 1 atom stereocenters. The van der Waals surface area contributed by atoms with Crippen molar-refractivity contribution in [3.8, 4) is 0 Å². The minimum atomic E-state index is -0.747. The predicted molar refractivity (Wildman–Crippen MR) is 47.3 cm³/mol. The molecule has 0 aliphatic heterocycles. The molecule has 58 valence electrons. The van der Waals surface area contributed by atoms with Crippen LogP contribution in [0.15, 0.2) is 0 Å². The van der Waals surface area contributed by atoms with Gasteiger partial charge in [0.2, 0.25) is 0 Å². The molecule has 0 radical (unpaired) electrons. The zero-order valence-electron chi connectivity index (χ0n) is 5.61. The fourth-order valence-corrected chi connectivity index (χ4v) is 1.02. The minimum absolute atomic E-state index is 0.173. The SMILES string of the molecule is CCCC(C(=S)S)[N+](=O)[O-]. The predicted octanol–water partition coefficient (Wildman–Crippen LogP) is 1.69. The second-order valence-corrected chi connectivity index (χ2v) is 3.15. The fourth-order valence-electron chi connectivity index (χ4n) is 0.592. The Bertz CT molecular complexity index is 135. The molecule has 0 bridgehead atoms. The smallest absolute Gasteiger partial charge is 0.253 e. The molecule has 0 fully saturated rings. The summed E-state index contributed by atoms with van der Waals surface area (Å²) < 4.78 is 0.173. The van der Waals surface area contributed by atoms with Crippen LogP contribution in [0.4, 0.5) is 0 Å². The average Bonchev–Trinajstić information content (AvgIpc) is 1.81. The van der Waals surface area contributed by atoms with Gasteiger partial charge < -0.3 is 0 Å². The summed E-state index contributed by atoms with van der Waals surface area (Å²) in [5.41, 5.74) is 0. The molecular weight excluding hydrogens is 170 g/mol. The van der Waals surface area contributed by atoms with E-state index in [1.165, 1.54) is 0 Å². The standard InChI is InChI=1S/C5H9NO2S2/c1-2-3-4(5(9)10)6(7)8/h4H,2-3H2,1H3,(H,9,10). The first-order valence-electron chi connectivity index (χ1n) is 2.96. The monoisotopic (exact) mass is 179 g/mol. The summed E-state index contributed by atoms with van der Waals surface area (Å²) in [5.74, 6) is 0. The molecule has 0 aliphatic carbocycles. The van der Waals surface area contributed by atoms with Crippen LogP contribution in [0.5, 0.6) is 0 Å². The van der Waals surface area contributed by atoms with Crippen molar-refractivity contribution in [2.24, 2.45) is 0 Å². The third-order valence-corrected chi connectivity index (χ3v) is 1.67. The topological polar surface area (TPSA) is 43.1 Å². The lowest BCUT2D eigenvalue weighted by molar-refractivity contribution is -0.502. The van der Waals surface area contributed by atoms with E-state index >= 15 is 0 Å². The molecule has 5 heteroatoms. The highest BCUT2D eigenvalue weighted by Crippen LogP contribution is 2.05. The van der Waals surface area contributed by atoms with E-state index in [1.807, 2.05) is 6.92 Å². The summed E-state index contributed by atoms with van der Waals surface area (Å²) in [6.45, 7) is 1.88.